The van der Waals surface area contributed by atoms with E-state index in [1.54, 1.807) is 0 Å². The predicted octanol–water partition coefficient (Wildman–Crippen LogP) is 5.60. The minimum atomic E-state index is -0.250. The third kappa shape index (κ3) is 6.84. The van der Waals surface area contributed by atoms with E-state index in [-0.39, 0.29) is 12.5 Å². The molecule has 0 spiro atoms. The number of benzene rings is 2. The van der Waals surface area contributed by atoms with E-state index >= 15 is 0 Å². The lowest BCUT2D eigenvalue weighted by Gasteiger charge is -2.14. The van der Waals surface area contributed by atoms with E-state index in [0.29, 0.717) is 5.92 Å². The minimum absolute atomic E-state index is 0.0519. The molecule has 2 aromatic carbocycles. The lowest BCUT2D eigenvalue weighted by Crippen LogP contribution is -2.26. The first-order valence-electron chi connectivity index (χ1n) is 10.2. The van der Waals surface area contributed by atoms with Crippen LogP contribution in [0.25, 0.3) is 0 Å². The van der Waals surface area contributed by atoms with E-state index in [1.807, 2.05) is 43.3 Å². The van der Waals surface area contributed by atoms with Crippen LogP contribution in [0.5, 0.6) is 5.75 Å². The summed E-state index contributed by atoms with van der Waals surface area (Å²) in [4.78, 5) is 12.3. The number of hydrogen-bond acceptors (Lipinski definition) is 3. The fourth-order valence-corrected chi connectivity index (χ4v) is 2.99. The Hall–Kier alpha value is -2.62. The van der Waals surface area contributed by atoms with E-state index in [4.69, 9.17) is 4.74 Å². The number of carbonyl (C=O) groups excluding carboxylic acids is 1. The maximum Gasteiger partial charge on any atom is 0.277 e. The molecule has 150 valence electrons. The van der Waals surface area contributed by atoms with Gasteiger partial charge in [0.25, 0.3) is 5.91 Å². The number of rotatable bonds is 10. The molecule has 0 aliphatic carbocycles. The van der Waals surface area contributed by atoms with Crippen molar-refractivity contribution in [1.82, 2.24) is 5.43 Å². The summed E-state index contributed by atoms with van der Waals surface area (Å²) in [5.41, 5.74) is 6.83. The van der Waals surface area contributed by atoms with E-state index < -0.39 is 0 Å². The molecule has 0 aliphatic heterocycles. The molecule has 0 radical (unpaired) electrons. The summed E-state index contributed by atoms with van der Waals surface area (Å²) < 4.78 is 5.80. The quantitative estimate of drug-likeness (QED) is 0.331. The standard InChI is InChI=1S/C24H32N2O2/c1-5-6-8-13-22(20-11-9-7-10-12-20)25-26-24(27)17-28-23-16-19(4)14-15-21(23)18(2)3/h7,9-12,14-16,18H,5-6,8,13,17H2,1-4H3,(H,26,27)/b25-22+. The highest BCUT2D eigenvalue weighted by molar-refractivity contribution is 6.01. The number of carbonyl (C=O) groups is 1. The van der Waals surface area contributed by atoms with Crippen LogP contribution in [-0.2, 0) is 4.79 Å². The van der Waals surface area contributed by atoms with Gasteiger partial charge >= 0.3 is 0 Å². The van der Waals surface area contributed by atoms with E-state index in [9.17, 15) is 4.79 Å². The maximum atomic E-state index is 12.3. The van der Waals surface area contributed by atoms with Gasteiger partial charge in [-0.25, -0.2) is 5.43 Å². The number of hydrogen-bond donors (Lipinski definition) is 1. The van der Waals surface area contributed by atoms with Crippen LogP contribution in [0.1, 0.15) is 69.1 Å². The lowest BCUT2D eigenvalue weighted by atomic mass is 10.0. The van der Waals surface area contributed by atoms with Crippen LogP contribution in [0.15, 0.2) is 53.6 Å². The Morgan fingerprint density at radius 1 is 1.11 bits per heavy atom. The third-order valence-electron chi connectivity index (χ3n) is 4.59. The van der Waals surface area contributed by atoms with Gasteiger partial charge in [-0.3, -0.25) is 4.79 Å². The molecule has 4 heteroatoms. The van der Waals surface area contributed by atoms with E-state index in [2.05, 4.69) is 43.4 Å². The second-order valence-electron chi connectivity index (χ2n) is 7.40. The van der Waals surface area contributed by atoms with Crippen molar-refractivity contribution < 1.29 is 9.53 Å². The third-order valence-corrected chi connectivity index (χ3v) is 4.59. The van der Waals surface area contributed by atoms with Gasteiger partial charge in [0.05, 0.1) is 5.71 Å². The molecule has 0 fully saturated rings. The Morgan fingerprint density at radius 2 is 1.86 bits per heavy atom. The first kappa shape index (κ1) is 21.7. The molecule has 0 saturated carbocycles. The highest BCUT2D eigenvalue weighted by atomic mass is 16.5. The number of nitrogens with zero attached hydrogens (tertiary/aromatic N) is 1. The molecule has 0 aliphatic rings. The first-order valence-corrected chi connectivity index (χ1v) is 10.2. The summed E-state index contributed by atoms with van der Waals surface area (Å²) in [6, 6.07) is 16.1. The fraction of sp³-hybridized carbons (Fsp3) is 0.417. The zero-order valence-electron chi connectivity index (χ0n) is 17.5. The molecule has 1 N–H and O–H groups in total. The van der Waals surface area contributed by atoms with E-state index in [1.165, 1.54) is 0 Å². The van der Waals surface area contributed by atoms with Crippen molar-refractivity contribution >= 4 is 11.6 Å². The molecular formula is C24H32N2O2. The Bertz CT molecular complexity index is 782. The largest absolute Gasteiger partial charge is 0.483 e. The molecule has 0 aromatic heterocycles. The summed E-state index contributed by atoms with van der Waals surface area (Å²) in [5.74, 6) is 0.848. The number of aryl methyl sites for hydroxylation is 1. The summed E-state index contributed by atoms with van der Waals surface area (Å²) in [7, 11) is 0. The van der Waals surface area contributed by atoms with Gasteiger partial charge in [-0.05, 0) is 48.4 Å². The first-order chi connectivity index (χ1) is 13.5. The van der Waals surface area contributed by atoms with Crippen molar-refractivity contribution in [2.45, 2.75) is 59.3 Å². The van der Waals surface area contributed by atoms with Crippen molar-refractivity contribution in [3.8, 4) is 5.75 Å². The molecule has 0 saturated heterocycles. The molecule has 0 heterocycles. The average molecular weight is 381 g/mol. The number of unbranched alkanes of at least 4 members (excludes halogenated alkanes) is 2. The number of ether oxygens (including phenoxy) is 1. The second kappa shape index (κ2) is 11.3. The number of amides is 1. The van der Waals surface area contributed by atoms with Crippen LogP contribution in [-0.4, -0.2) is 18.2 Å². The van der Waals surface area contributed by atoms with Gasteiger partial charge in [-0.15, -0.1) is 0 Å². The molecule has 1 amide bonds. The molecule has 0 atom stereocenters. The average Bonchev–Trinajstić information content (AvgIpc) is 2.69. The Kier molecular flexibility index (Phi) is 8.73. The van der Waals surface area contributed by atoms with Gasteiger partial charge in [0.15, 0.2) is 6.61 Å². The Balaban J connectivity index is 2.01. The predicted molar refractivity (Wildman–Crippen MR) is 116 cm³/mol. The topological polar surface area (TPSA) is 50.7 Å². The van der Waals surface area contributed by atoms with Gasteiger partial charge in [0, 0.05) is 0 Å². The fourth-order valence-electron chi connectivity index (χ4n) is 2.99. The van der Waals surface area contributed by atoms with Crippen molar-refractivity contribution in [3.05, 3.63) is 65.2 Å². The van der Waals surface area contributed by atoms with E-state index in [0.717, 1.165) is 53.8 Å². The van der Waals surface area contributed by atoms with Crippen LogP contribution in [0.3, 0.4) is 0 Å². The molecule has 2 rings (SSSR count). The second-order valence-corrected chi connectivity index (χ2v) is 7.40. The van der Waals surface area contributed by atoms with Crippen molar-refractivity contribution in [2.24, 2.45) is 5.10 Å². The van der Waals surface area contributed by atoms with Crippen LogP contribution in [0.4, 0.5) is 0 Å². The molecular weight excluding hydrogens is 348 g/mol. The zero-order chi connectivity index (χ0) is 20.4. The lowest BCUT2D eigenvalue weighted by molar-refractivity contribution is -0.123. The summed E-state index contributed by atoms with van der Waals surface area (Å²) in [5, 5.41) is 4.39. The van der Waals surface area contributed by atoms with Crippen LogP contribution in [0, 0.1) is 6.92 Å². The van der Waals surface area contributed by atoms with Crippen molar-refractivity contribution in [3.63, 3.8) is 0 Å². The van der Waals surface area contributed by atoms with Gasteiger partial charge in [0.1, 0.15) is 5.75 Å². The summed E-state index contributed by atoms with van der Waals surface area (Å²) in [6.07, 6.45) is 4.19. The van der Waals surface area contributed by atoms with Gasteiger partial charge < -0.3 is 4.74 Å². The Morgan fingerprint density at radius 3 is 2.54 bits per heavy atom. The van der Waals surface area contributed by atoms with Crippen molar-refractivity contribution in [1.29, 1.82) is 0 Å². The maximum absolute atomic E-state index is 12.3. The normalized spacial score (nSPS) is 11.5. The summed E-state index contributed by atoms with van der Waals surface area (Å²) in [6.45, 7) is 8.37. The minimum Gasteiger partial charge on any atom is -0.483 e. The monoisotopic (exact) mass is 380 g/mol. The van der Waals surface area contributed by atoms with Gasteiger partial charge in [0.2, 0.25) is 0 Å². The molecule has 4 nitrogen and oxygen atoms in total. The number of nitrogens with one attached hydrogen (secondary N) is 1. The highest BCUT2D eigenvalue weighted by Crippen LogP contribution is 2.27. The van der Waals surface area contributed by atoms with Crippen LogP contribution < -0.4 is 10.2 Å². The zero-order valence-corrected chi connectivity index (χ0v) is 17.5. The van der Waals surface area contributed by atoms with Gasteiger partial charge in [-0.2, -0.15) is 5.10 Å². The van der Waals surface area contributed by atoms with Crippen LogP contribution >= 0.6 is 0 Å². The molecule has 0 bridgehead atoms. The number of hydrazone groups is 1. The Labute approximate surface area is 169 Å². The SMILES string of the molecule is CCCCC/C(=N\NC(=O)COc1cc(C)ccc1C(C)C)c1ccccc1. The summed E-state index contributed by atoms with van der Waals surface area (Å²) >= 11 is 0. The van der Waals surface area contributed by atoms with Crippen LogP contribution in [0.2, 0.25) is 0 Å². The molecule has 2 aromatic rings. The molecule has 0 unspecified atom stereocenters. The van der Waals surface area contributed by atoms with Crippen molar-refractivity contribution in [2.75, 3.05) is 6.61 Å². The smallest absolute Gasteiger partial charge is 0.277 e. The molecule has 28 heavy (non-hydrogen) atoms. The highest BCUT2D eigenvalue weighted by Gasteiger charge is 2.11. The van der Waals surface area contributed by atoms with Gasteiger partial charge in [-0.1, -0.05) is 76.1 Å².